The highest BCUT2D eigenvalue weighted by Gasteiger charge is 2.49. The van der Waals surface area contributed by atoms with Crippen molar-refractivity contribution >= 4 is 8.25 Å². The van der Waals surface area contributed by atoms with Gasteiger partial charge in [-0.3, -0.25) is 18.9 Å². The van der Waals surface area contributed by atoms with Crippen molar-refractivity contribution in [3.63, 3.8) is 0 Å². The SMILES string of the molecule is CO[C@H]1C(O[PH](=O)O)[C@@H]([C@@H](C)O)O[C@H]1n1ccc(=O)[nH]c1=O. The number of aliphatic hydroxyl groups is 1. The number of nitrogens with one attached hydrogen (secondary N) is 1. The van der Waals surface area contributed by atoms with Crippen LogP contribution in [0.2, 0.25) is 0 Å². The van der Waals surface area contributed by atoms with Gasteiger partial charge in [-0.1, -0.05) is 0 Å². The zero-order valence-corrected chi connectivity index (χ0v) is 12.8. The van der Waals surface area contributed by atoms with Gasteiger partial charge >= 0.3 is 13.9 Å². The Morgan fingerprint density at radius 3 is 2.64 bits per heavy atom. The molecule has 2 unspecified atom stereocenters. The van der Waals surface area contributed by atoms with Gasteiger partial charge in [-0.15, -0.1) is 0 Å². The molecular formula is C11H17N2O8P. The van der Waals surface area contributed by atoms with Crippen molar-refractivity contribution in [1.29, 1.82) is 0 Å². The van der Waals surface area contributed by atoms with Crippen LogP contribution in [0.1, 0.15) is 13.2 Å². The largest absolute Gasteiger partial charge is 0.391 e. The monoisotopic (exact) mass is 336 g/mol. The molecule has 0 aromatic carbocycles. The summed E-state index contributed by atoms with van der Waals surface area (Å²) in [5, 5.41) is 9.75. The summed E-state index contributed by atoms with van der Waals surface area (Å²) in [7, 11) is -2.00. The van der Waals surface area contributed by atoms with Gasteiger partial charge in [0.25, 0.3) is 5.56 Å². The van der Waals surface area contributed by atoms with Gasteiger partial charge in [0, 0.05) is 19.4 Å². The number of nitrogens with zero attached hydrogens (tertiary/aromatic N) is 1. The molecule has 3 N–H and O–H groups in total. The summed E-state index contributed by atoms with van der Waals surface area (Å²) < 4.78 is 27.7. The number of methoxy groups -OCH3 is 1. The second-order valence-electron chi connectivity index (χ2n) is 4.80. The van der Waals surface area contributed by atoms with Gasteiger partial charge in [-0.2, -0.15) is 0 Å². The minimum atomic E-state index is -3.31. The summed E-state index contributed by atoms with van der Waals surface area (Å²) in [6.07, 6.45) is -3.81. The van der Waals surface area contributed by atoms with E-state index < -0.39 is 50.1 Å². The molecule has 2 heterocycles. The van der Waals surface area contributed by atoms with E-state index in [0.29, 0.717) is 0 Å². The number of ether oxygens (including phenoxy) is 2. The van der Waals surface area contributed by atoms with Crippen LogP contribution in [0.25, 0.3) is 0 Å². The lowest BCUT2D eigenvalue weighted by atomic mass is 10.1. The summed E-state index contributed by atoms with van der Waals surface area (Å²) in [6.45, 7) is 1.42. The molecule has 0 saturated carbocycles. The standard InChI is InChI=1S/C11H17N2O8P/c1-5(14)7-8(21-22(17)18)9(19-2)10(20-7)13-4-3-6(15)12-11(13)16/h3-5,7-10,14,22H,1-2H3,(H,17,18)(H,12,15,16)/t5-,7-,8?,9+,10-/m1/s1. The molecule has 11 heteroatoms. The van der Waals surface area contributed by atoms with Crippen molar-refractivity contribution in [2.24, 2.45) is 0 Å². The molecule has 1 saturated heterocycles. The first-order valence-electron chi connectivity index (χ1n) is 6.42. The smallest absolute Gasteiger partial charge is 0.330 e. The number of aliphatic hydroxyl groups excluding tert-OH is 1. The van der Waals surface area contributed by atoms with Gasteiger partial charge < -0.3 is 24.0 Å². The van der Waals surface area contributed by atoms with Crippen molar-refractivity contribution in [1.82, 2.24) is 9.55 Å². The fraction of sp³-hybridized carbons (Fsp3) is 0.636. The van der Waals surface area contributed by atoms with Crippen LogP contribution >= 0.6 is 8.25 Å². The Kier molecular flexibility index (Phi) is 5.32. The Bertz CT molecular complexity index is 656. The summed E-state index contributed by atoms with van der Waals surface area (Å²) in [6, 6.07) is 1.12. The highest BCUT2D eigenvalue weighted by Crippen LogP contribution is 2.37. The molecule has 1 aliphatic rings. The predicted molar refractivity (Wildman–Crippen MR) is 73.8 cm³/mol. The van der Waals surface area contributed by atoms with Crippen molar-refractivity contribution in [3.8, 4) is 0 Å². The van der Waals surface area contributed by atoms with Gasteiger partial charge in [0.05, 0.1) is 6.10 Å². The molecule has 1 fully saturated rings. The molecule has 22 heavy (non-hydrogen) atoms. The van der Waals surface area contributed by atoms with Crippen LogP contribution in [-0.2, 0) is 18.6 Å². The second-order valence-corrected chi connectivity index (χ2v) is 5.57. The normalized spacial score (nSPS) is 31.1. The topological polar surface area (TPSA) is 140 Å². The van der Waals surface area contributed by atoms with Gasteiger partial charge in [-0.25, -0.2) is 4.79 Å². The van der Waals surface area contributed by atoms with Crippen molar-refractivity contribution in [3.05, 3.63) is 33.1 Å². The van der Waals surface area contributed by atoms with Crippen LogP contribution in [0.4, 0.5) is 0 Å². The maximum absolute atomic E-state index is 11.9. The summed E-state index contributed by atoms with van der Waals surface area (Å²) in [5.41, 5.74) is -1.31. The Morgan fingerprint density at radius 2 is 2.14 bits per heavy atom. The Hall–Kier alpha value is -1.29. The number of aromatic nitrogens is 2. The van der Waals surface area contributed by atoms with Crippen LogP contribution in [-0.4, -0.2) is 51.1 Å². The molecule has 2 rings (SSSR count). The zero-order chi connectivity index (χ0) is 16.4. The third-order valence-electron chi connectivity index (χ3n) is 3.34. The number of rotatable bonds is 5. The van der Waals surface area contributed by atoms with Gasteiger partial charge in [0.1, 0.15) is 18.3 Å². The minimum Gasteiger partial charge on any atom is -0.391 e. The Labute approximate surface area is 125 Å². The van der Waals surface area contributed by atoms with Crippen LogP contribution in [0, 0.1) is 0 Å². The van der Waals surface area contributed by atoms with Crippen molar-refractivity contribution < 1.29 is 28.6 Å². The van der Waals surface area contributed by atoms with E-state index >= 15 is 0 Å². The summed E-state index contributed by atoms with van der Waals surface area (Å²) >= 11 is 0. The number of hydrogen-bond donors (Lipinski definition) is 3. The van der Waals surface area contributed by atoms with Gasteiger partial charge in [0.2, 0.25) is 0 Å². The highest BCUT2D eigenvalue weighted by molar-refractivity contribution is 7.32. The lowest BCUT2D eigenvalue weighted by Crippen LogP contribution is -2.40. The van der Waals surface area contributed by atoms with E-state index in [1.54, 1.807) is 0 Å². The quantitative estimate of drug-likeness (QED) is 0.558. The van der Waals surface area contributed by atoms with Crippen molar-refractivity contribution in [2.75, 3.05) is 7.11 Å². The Morgan fingerprint density at radius 1 is 1.45 bits per heavy atom. The van der Waals surface area contributed by atoms with Crippen LogP contribution in [0.3, 0.4) is 0 Å². The fourth-order valence-corrected chi connectivity index (χ4v) is 2.91. The Balaban J connectivity index is 2.41. The third-order valence-corrected chi connectivity index (χ3v) is 3.81. The number of hydrogen-bond acceptors (Lipinski definition) is 7. The summed E-state index contributed by atoms with van der Waals surface area (Å²) in [4.78, 5) is 34.0. The third kappa shape index (κ3) is 3.37. The van der Waals surface area contributed by atoms with Gasteiger partial charge in [-0.05, 0) is 6.92 Å². The van der Waals surface area contributed by atoms with Crippen molar-refractivity contribution in [2.45, 2.75) is 37.6 Å². The maximum Gasteiger partial charge on any atom is 0.330 e. The molecule has 1 aromatic heterocycles. The van der Waals surface area contributed by atoms with Crippen LogP contribution < -0.4 is 11.2 Å². The van der Waals surface area contributed by atoms with E-state index in [1.165, 1.54) is 20.2 Å². The lowest BCUT2D eigenvalue weighted by Gasteiger charge is -2.23. The van der Waals surface area contributed by atoms with E-state index in [1.807, 2.05) is 0 Å². The van der Waals surface area contributed by atoms with E-state index in [4.69, 9.17) is 18.9 Å². The minimum absolute atomic E-state index is 0.575. The predicted octanol–water partition coefficient (Wildman–Crippen LogP) is -1.40. The lowest BCUT2D eigenvalue weighted by molar-refractivity contribution is -0.0817. The maximum atomic E-state index is 11.9. The molecular weight excluding hydrogens is 319 g/mol. The fourth-order valence-electron chi connectivity index (χ4n) is 2.41. The first kappa shape index (κ1) is 17.1. The molecule has 0 amide bonds. The van der Waals surface area contributed by atoms with Crippen LogP contribution in [0.15, 0.2) is 21.9 Å². The molecule has 0 spiro atoms. The second kappa shape index (κ2) is 6.86. The number of H-pyrrole nitrogens is 1. The number of aromatic amines is 1. The first-order valence-corrected chi connectivity index (χ1v) is 7.69. The molecule has 0 aliphatic carbocycles. The zero-order valence-electron chi connectivity index (χ0n) is 11.8. The molecule has 1 aromatic rings. The van der Waals surface area contributed by atoms with Crippen LogP contribution in [0.5, 0.6) is 0 Å². The molecule has 6 atom stereocenters. The highest BCUT2D eigenvalue weighted by atomic mass is 31.1. The van der Waals surface area contributed by atoms with E-state index in [2.05, 4.69) is 4.98 Å². The van der Waals surface area contributed by atoms with E-state index in [-0.39, 0.29) is 0 Å². The average Bonchev–Trinajstić information content (AvgIpc) is 2.76. The molecule has 0 radical (unpaired) electrons. The molecule has 1 aliphatic heterocycles. The van der Waals surface area contributed by atoms with E-state index in [9.17, 15) is 19.3 Å². The van der Waals surface area contributed by atoms with E-state index in [0.717, 1.165) is 10.6 Å². The average molecular weight is 336 g/mol. The van der Waals surface area contributed by atoms with Gasteiger partial charge in [0.15, 0.2) is 6.23 Å². The first-order chi connectivity index (χ1) is 10.3. The molecule has 124 valence electrons. The summed E-state index contributed by atoms with van der Waals surface area (Å²) in [5.74, 6) is 0. The molecule has 0 bridgehead atoms. The molecule has 10 nitrogen and oxygen atoms in total.